The molecule has 28 heavy (non-hydrogen) atoms. The molecule has 1 aliphatic carbocycles. The second-order valence-corrected chi connectivity index (χ2v) is 6.83. The molecule has 2 aromatic heterocycles. The first kappa shape index (κ1) is 16.3. The van der Waals surface area contributed by atoms with Gasteiger partial charge >= 0.3 is 0 Å². The third kappa shape index (κ3) is 2.33. The molecule has 0 aliphatic heterocycles. The van der Waals surface area contributed by atoms with Gasteiger partial charge in [0.25, 0.3) is 5.56 Å². The summed E-state index contributed by atoms with van der Waals surface area (Å²) in [5.41, 5.74) is 4.23. The summed E-state index contributed by atoms with van der Waals surface area (Å²) in [5.74, 6) is -0.540. The largest absolute Gasteiger partial charge is 0.503 e. The van der Waals surface area contributed by atoms with E-state index in [9.17, 15) is 14.7 Å². The number of pyridine rings is 2. The van der Waals surface area contributed by atoms with Crippen LogP contribution >= 0.6 is 0 Å². The van der Waals surface area contributed by atoms with E-state index in [1.165, 1.54) is 6.07 Å². The maximum Gasteiger partial charge on any atom is 0.291 e. The molecular formula is C23H16N2O3. The third-order valence-corrected chi connectivity index (χ3v) is 5.23. The monoisotopic (exact) mass is 368 g/mol. The van der Waals surface area contributed by atoms with Crippen LogP contribution in [-0.2, 0) is 0 Å². The molecule has 5 nitrogen and oxygen atoms in total. The summed E-state index contributed by atoms with van der Waals surface area (Å²) >= 11 is 0. The lowest BCUT2D eigenvalue weighted by Gasteiger charge is -2.18. The summed E-state index contributed by atoms with van der Waals surface area (Å²) in [4.78, 5) is 30.1. The molecule has 0 amide bonds. The first-order valence-corrected chi connectivity index (χ1v) is 8.98. The molecule has 4 aromatic rings. The molecule has 136 valence electrons. The van der Waals surface area contributed by atoms with Gasteiger partial charge in [-0.1, -0.05) is 66.7 Å². The molecule has 0 saturated heterocycles. The lowest BCUT2D eigenvalue weighted by Crippen LogP contribution is -2.11. The van der Waals surface area contributed by atoms with Crippen molar-refractivity contribution in [1.82, 2.24) is 9.97 Å². The van der Waals surface area contributed by atoms with E-state index in [4.69, 9.17) is 0 Å². The number of benzene rings is 2. The normalized spacial score (nSPS) is 14.5. The van der Waals surface area contributed by atoms with Crippen molar-refractivity contribution < 1.29 is 5.11 Å². The molecule has 0 radical (unpaired) electrons. The molecule has 2 heterocycles. The standard InChI is InChI=1S/C23H16N2O3/c26-16-12-11-15-17(13-7-3-1-4-8-13)19-18(14-9-5-2-6-10-14)22(27)23(28)25-21(19)20(15)24-16/h1-12,17,27H,(H,24,26)(H,25,28). The molecule has 0 spiro atoms. The summed E-state index contributed by atoms with van der Waals surface area (Å²) in [7, 11) is 0. The van der Waals surface area contributed by atoms with Crippen LogP contribution in [0.4, 0.5) is 0 Å². The van der Waals surface area contributed by atoms with Crippen LogP contribution in [0.1, 0.15) is 22.6 Å². The van der Waals surface area contributed by atoms with Crippen molar-refractivity contribution in [2.24, 2.45) is 0 Å². The zero-order valence-electron chi connectivity index (χ0n) is 14.8. The molecule has 5 rings (SSSR count). The van der Waals surface area contributed by atoms with Gasteiger partial charge in [-0.3, -0.25) is 9.59 Å². The molecule has 3 N–H and O–H groups in total. The summed E-state index contributed by atoms with van der Waals surface area (Å²) in [6.07, 6.45) is 0. The second kappa shape index (κ2) is 6.09. The fourth-order valence-corrected chi connectivity index (χ4v) is 4.07. The van der Waals surface area contributed by atoms with Crippen molar-refractivity contribution in [2.75, 3.05) is 0 Å². The van der Waals surface area contributed by atoms with Crippen molar-refractivity contribution in [2.45, 2.75) is 5.92 Å². The summed E-state index contributed by atoms with van der Waals surface area (Å²) in [6, 6.07) is 22.5. The van der Waals surface area contributed by atoms with Crippen molar-refractivity contribution >= 4 is 0 Å². The van der Waals surface area contributed by atoms with Gasteiger partial charge in [0.05, 0.1) is 11.4 Å². The Labute approximate surface area is 160 Å². The quantitative estimate of drug-likeness (QED) is 0.445. The van der Waals surface area contributed by atoms with Gasteiger partial charge in [0.2, 0.25) is 5.56 Å². The second-order valence-electron chi connectivity index (χ2n) is 6.83. The van der Waals surface area contributed by atoms with E-state index < -0.39 is 5.56 Å². The van der Waals surface area contributed by atoms with E-state index in [0.717, 1.165) is 22.3 Å². The predicted octanol–water partition coefficient (Wildman–Crippen LogP) is 3.60. The highest BCUT2D eigenvalue weighted by Gasteiger charge is 2.36. The minimum Gasteiger partial charge on any atom is -0.503 e. The number of nitrogens with one attached hydrogen (secondary N) is 2. The minimum atomic E-state index is -0.582. The molecule has 0 bridgehead atoms. The maximum atomic E-state index is 12.5. The lowest BCUT2D eigenvalue weighted by molar-refractivity contribution is 0.468. The average Bonchev–Trinajstić information content (AvgIpc) is 3.03. The number of hydrogen-bond acceptors (Lipinski definition) is 3. The first-order valence-electron chi connectivity index (χ1n) is 8.98. The van der Waals surface area contributed by atoms with E-state index in [-0.39, 0.29) is 17.2 Å². The fourth-order valence-electron chi connectivity index (χ4n) is 4.07. The molecule has 1 unspecified atom stereocenters. The van der Waals surface area contributed by atoms with Crippen LogP contribution in [0.2, 0.25) is 0 Å². The smallest absolute Gasteiger partial charge is 0.291 e. The van der Waals surface area contributed by atoms with Gasteiger partial charge in [0.15, 0.2) is 5.75 Å². The Morgan fingerprint density at radius 1 is 0.750 bits per heavy atom. The van der Waals surface area contributed by atoms with E-state index in [1.807, 2.05) is 60.7 Å². The summed E-state index contributed by atoms with van der Waals surface area (Å²) in [6.45, 7) is 0. The molecule has 1 atom stereocenters. The molecule has 1 aliphatic rings. The van der Waals surface area contributed by atoms with Gasteiger partial charge in [-0.25, -0.2) is 0 Å². The van der Waals surface area contributed by atoms with Crippen LogP contribution in [0.3, 0.4) is 0 Å². The molecule has 0 fully saturated rings. The van der Waals surface area contributed by atoms with Crippen molar-refractivity contribution in [3.8, 4) is 28.3 Å². The Morgan fingerprint density at radius 3 is 2.14 bits per heavy atom. The Morgan fingerprint density at radius 2 is 1.43 bits per heavy atom. The highest BCUT2D eigenvalue weighted by molar-refractivity contribution is 5.86. The Bertz CT molecular complexity index is 1310. The van der Waals surface area contributed by atoms with Crippen LogP contribution in [0.5, 0.6) is 5.75 Å². The van der Waals surface area contributed by atoms with Crippen LogP contribution in [0.15, 0.2) is 82.4 Å². The highest BCUT2D eigenvalue weighted by Crippen LogP contribution is 2.50. The Hall–Kier alpha value is -3.86. The number of aromatic hydroxyl groups is 1. The topological polar surface area (TPSA) is 86.0 Å². The van der Waals surface area contributed by atoms with Crippen molar-refractivity contribution in [1.29, 1.82) is 0 Å². The zero-order chi connectivity index (χ0) is 19.3. The van der Waals surface area contributed by atoms with Crippen molar-refractivity contribution in [3.05, 3.63) is 110 Å². The van der Waals surface area contributed by atoms with Gasteiger partial charge in [0, 0.05) is 23.1 Å². The average molecular weight is 368 g/mol. The Kier molecular flexibility index (Phi) is 3.55. The van der Waals surface area contributed by atoms with Crippen LogP contribution in [0, 0.1) is 0 Å². The van der Waals surface area contributed by atoms with Gasteiger partial charge in [0.1, 0.15) is 0 Å². The van der Waals surface area contributed by atoms with E-state index in [1.54, 1.807) is 6.07 Å². The van der Waals surface area contributed by atoms with Crippen LogP contribution in [-0.4, -0.2) is 15.1 Å². The van der Waals surface area contributed by atoms with Crippen LogP contribution < -0.4 is 11.1 Å². The number of fused-ring (bicyclic) bond motifs is 3. The molecular weight excluding hydrogens is 352 g/mol. The van der Waals surface area contributed by atoms with Crippen LogP contribution in [0.25, 0.3) is 22.5 Å². The number of H-pyrrole nitrogens is 2. The third-order valence-electron chi connectivity index (χ3n) is 5.23. The van der Waals surface area contributed by atoms with Gasteiger partial charge in [-0.2, -0.15) is 0 Å². The van der Waals surface area contributed by atoms with E-state index >= 15 is 0 Å². The van der Waals surface area contributed by atoms with Gasteiger partial charge < -0.3 is 15.1 Å². The highest BCUT2D eigenvalue weighted by atomic mass is 16.3. The van der Waals surface area contributed by atoms with E-state index in [2.05, 4.69) is 9.97 Å². The Balaban J connectivity index is 1.93. The number of hydrogen-bond donors (Lipinski definition) is 3. The van der Waals surface area contributed by atoms with Crippen molar-refractivity contribution in [3.63, 3.8) is 0 Å². The predicted molar refractivity (Wildman–Crippen MR) is 108 cm³/mol. The molecule has 2 aromatic carbocycles. The SMILES string of the molecule is O=c1ccc2c([nH]1)-c1[nH]c(=O)c(O)c(-c3ccccc3)c1C2c1ccccc1. The summed E-state index contributed by atoms with van der Waals surface area (Å²) in [5, 5.41) is 10.7. The van der Waals surface area contributed by atoms with Gasteiger partial charge in [-0.05, 0) is 16.7 Å². The van der Waals surface area contributed by atoms with E-state index in [0.29, 0.717) is 17.0 Å². The lowest BCUT2D eigenvalue weighted by atomic mass is 9.85. The number of aromatic amines is 2. The maximum absolute atomic E-state index is 12.5. The molecule has 0 saturated carbocycles. The zero-order valence-corrected chi connectivity index (χ0v) is 14.8. The molecule has 5 heteroatoms. The minimum absolute atomic E-state index is 0.221. The summed E-state index contributed by atoms with van der Waals surface area (Å²) < 4.78 is 0. The fraction of sp³-hybridized carbons (Fsp3) is 0.0435. The number of rotatable bonds is 2. The van der Waals surface area contributed by atoms with Gasteiger partial charge in [-0.15, -0.1) is 0 Å². The number of aromatic nitrogens is 2. The first-order chi connectivity index (χ1) is 13.6.